The molecular weight excluding hydrogens is 200 g/mol. The largest absolute Gasteiger partial charge is 0.384 e. The lowest BCUT2D eigenvalue weighted by molar-refractivity contribution is 0.350. The van der Waals surface area contributed by atoms with Gasteiger partial charge in [0.15, 0.2) is 0 Å². The van der Waals surface area contributed by atoms with Crippen LogP contribution >= 0.6 is 11.6 Å². The van der Waals surface area contributed by atoms with Gasteiger partial charge in [0, 0.05) is 12.4 Å². The highest BCUT2D eigenvalue weighted by molar-refractivity contribution is 6.35. The van der Waals surface area contributed by atoms with E-state index in [0.717, 1.165) is 10.9 Å². The minimum atomic E-state index is -0.162. The Bertz CT molecular complexity index is 522. The average molecular weight is 207 g/mol. The summed E-state index contributed by atoms with van der Waals surface area (Å²) in [5.41, 5.74) is 1.46. The van der Waals surface area contributed by atoms with Crippen molar-refractivity contribution >= 4 is 22.6 Å². The second-order valence-corrected chi connectivity index (χ2v) is 3.09. The van der Waals surface area contributed by atoms with E-state index in [-0.39, 0.29) is 6.61 Å². The number of hydrogen-bond donors (Lipinski definition) is 2. The van der Waals surface area contributed by atoms with Gasteiger partial charge in [-0.25, -0.2) is 4.98 Å². The monoisotopic (exact) mass is 206 g/mol. The fourth-order valence-corrected chi connectivity index (χ4v) is 1.50. The van der Waals surface area contributed by atoms with Crippen LogP contribution in [0.4, 0.5) is 0 Å². The molecule has 2 aromatic heterocycles. The highest BCUT2D eigenvalue weighted by Gasteiger charge is 2.05. The zero-order valence-corrected chi connectivity index (χ0v) is 7.97. The van der Waals surface area contributed by atoms with Gasteiger partial charge < -0.3 is 10.1 Å². The van der Waals surface area contributed by atoms with E-state index >= 15 is 0 Å². The second kappa shape index (κ2) is 3.70. The molecule has 0 radical (unpaired) electrons. The van der Waals surface area contributed by atoms with Crippen LogP contribution in [0.1, 0.15) is 5.56 Å². The van der Waals surface area contributed by atoms with Gasteiger partial charge in [0.05, 0.1) is 16.0 Å². The SMILES string of the molecule is OCC#Cc1c[nH]c2nccc(Cl)c12. The normalized spacial score (nSPS) is 9.86. The Morgan fingerprint density at radius 1 is 1.57 bits per heavy atom. The molecule has 0 saturated heterocycles. The molecule has 0 amide bonds. The highest BCUT2D eigenvalue weighted by Crippen LogP contribution is 2.23. The quantitative estimate of drug-likeness (QED) is 0.643. The second-order valence-electron chi connectivity index (χ2n) is 2.68. The van der Waals surface area contributed by atoms with Crippen LogP contribution in [0.25, 0.3) is 11.0 Å². The minimum Gasteiger partial charge on any atom is -0.384 e. The van der Waals surface area contributed by atoms with E-state index in [9.17, 15) is 0 Å². The number of nitrogens with zero attached hydrogens (tertiary/aromatic N) is 1. The van der Waals surface area contributed by atoms with Crippen molar-refractivity contribution in [1.29, 1.82) is 0 Å². The molecule has 2 rings (SSSR count). The maximum atomic E-state index is 8.57. The van der Waals surface area contributed by atoms with Crippen molar-refractivity contribution in [3.05, 3.63) is 29.0 Å². The molecular formula is C10H7ClN2O. The number of halogens is 1. The van der Waals surface area contributed by atoms with Crippen molar-refractivity contribution in [2.24, 2.45) is 0 Å². The van der Waals surface area contributed by atoms with Crippen LogP contribution in [0.2, 0.25) is 5.02 Å². The Morgan fingerprint density at radius 2 is 2.43 bits per heavy atom. The van der Waals surface area contributed by atoms with Gasteiger partial charge in [0.2, 0.25) is 0 Å². The van der Waals surface area contributed by atoms with E-state index in [2.05, 4.69) is 21.8 Å². The molecule has 2 aromatic rings. The number of aromatic amines is 1. The number of nitrogens with one attached hydrogen (secondary N) is 1. The van der Waals surface area contributed by atoms with Crippen LogP contribution in [-0.4, -0.2) is 21.7 Å². The van der Waals surface area contributed by atoms with E-state index in [1.165, 1.54) is 0 Å². The molecule has 14 heavy (non-hydrogen) atoms. The van der Waals surface area contributed by atoms with Crippen molar-refractivity contribution in [2.75, 3.05) is 6.61 Å². The Labute approximate surface area is 85.7 Å². The maximum Gasteiger partial charge on any atom is 0.140 e. The van der Waals surface area contributed by atoms with Gasteiger partial charge in [0.25, 0.3) is 0 Å². The molecule has 3 nitrogen and oxygen atoms in total. The molecule has 0 aliphatic rings. The summed E-state index contributed by atoms with van der Waals surface area (Å²) in [4.78, 5) is 7.06. The smallest absolute Gasteiger partial charge is 0.140 e. The lowest BCUT2D eigenvalue weighted by atomic mass is 10.2. The lowest BCUT2D eigenvalue weighted by Gasteiger charge is -1.92. The zero-order chi connectivity index (χ0) is 9.97. The average Bonchev–Trinajstić information content (AvgIpc) is 2.59. The fraction of sp³-hybridized carbons (Fsp3) is 0.100. The molecule has 0 fully saturated rings. The van der Waals surface area contributed by atoms with E-state index in [0.29, 0.717) is 10.7 Å². The van der Waals surface area contributed by atoms with Crippen molar-refractivity contribution in [3.8, 4) is 11.8 Å². The topological polar surface area (TPSA) is 48.9 Å². The van der Waals surface area contributed by atoms with Crippen LogP contribution in [0, 0.1) is 11.8 Å². The molecule has 2 N–H and O–H groups in total. The maximum absolute atomic E-state index is 8.57. The van der Waals surface area contributed by atoms with Crippen molar-refractivity contribution < 1.29 is 5.11 Å². The molecule has 0 spiro atoms. The summed E-state index contributed by atoms with van der Waals surface area (Å²) >= 11 is 5.99. The number of aliphatic hydroxyl groups excluding tert-OH is 1. The summed E-state index contributed by atoms with van der Waals surface area (Å²) < 4.78 is 0. The van der Waals surface area contributed by atoms with Crippen molar-refractivity contribution in [1.82, 2.24) is 9.97 Å². The molecule has 0 aliphatic heterocycles. The van der Waals surface area contributed by atoms with Crippen LogP contribution in [0.5, 0.6) is 0 Å². The number of hydrogen-bond acceptors (Lipinski definition) is 2. The first-order chi connectivity index (χ1) is 6.83. The summed E-state index contributed by atoms with van der Waals surface area (Å²) in [7, 11) is 0. The van der Waals surface area contributed by atoms with Gasteiger partial charge in [-0.05, 0) is 6.07 Å². The highest BCUT2D eigenvalue weighted by atomic mass is 35.5. The first-order valence-electron chi connectivity index (χ1n) is 4.04. The first-order valence-corrected chi connectivity index (χ1v) is 4.42. The van der Waals surface area contributed by atoms with Gasteiger partial charge in [-0.3, -0.25) is 0 Å². The number of H-pyrrole nitrogens is 1. The standard InChI is InChI=1S/C10H7ClN2O/c11-8-3-4-12-10-9(8)7(6-13-10)2-1-5-14/h3-4,6,14H,5H2,(H,12,13). The van der Waals surface area contributed by atoms with Gasteiger partial charge in [-0.2, -0.15) is 0 Å². The Kier molecular flexibility index (Phi) is 2.40. The van der Waals surface area contributed by atoms with Gasteiger partial charge in [-0.15, -0.1) is 0 Å². The predicted octanol–water partition coefficient (Wildman–Crippen LogP) is 1.56. The fourth-order valence-electron chi connectivity index (χ4n) is 1.25. The minimum absolute atomic E-state index is 0.162. The van der Waals surface area contributed by atoms with Gasteiger partial charge >= 0.3 is 0 Å². The predicted molar refractivity (Wildman–Crippen MR) is 55.1 cm³/mol. The third-order valence-corrected chi connectivity index (χ3v) is 2.14. The van der Waals surface area contributed by atoms with E-state index in [1.807, 2.05) is 0 Å². The first kappa shape index (κ1) is 9.07. The number of rotatable bonds is 0. The Balaban J connectivity index is 2.67. The number of aromatic nitrogens is 2. The van der Waals surface area contributed by atoms with Crippen molar-refractivity contribution in [2.45, 2.75) is 0 Å². The van der Waals surface area contributed by atoms with Crippen LogP contribution in [0.15, 0.2) is 18.5 Å². The molecule has 0 unspecified atom stereocenters. The third-order valence-electron chi connectivity index (χ3n) is 1.82. The van der Waals surface area contributed by atoms with Crippen molar-refractivity contribution in [3.63, 3.8) is 0 Å². The van der Waals surface area contributed by atoms with E-state index in [4.69, 9.17) is 16.7 Å². The van der Waals surface area contributed by atoms with E-state index < -0.39 is 0 Å². The summed E-state index contributed by atoms with van der Waals surface area (Å²) in [6.45, 7) is -0.162. The summed E-state index contributed by atoms with van der Waals surface area (Å²) in [5, 5.41) is 9.98. The number of aliphatic hydroxyl groups is 1. The van der Waals surface area contributed by atoms with E-state index in [1.54, 1.807) is 18.5 Å². The van der Waals surface area contributed by atoms with Crippen LogP contribution in [0.3, 0.4) is 0 Å². The molecule has 4 heteroatoms. The third kappa shape index (κ3) is 1.46. The van der Waals surface area contributed by atoms with Crippen LogP contribution < -0.4 is 0 Å². The molecule has 0 aliphatic carbocycles. The van der Waals surface area contributed by atoms with Gasteiger partial charge in [-0.1, -0.05) is 23.4 Å². The summed E-state index contributed by atoms with van der Waals surface area (Å²) in [6, 6.07) is 1.71. The molecule has 0 atom stereocenters. The van der Waals surface area contributed by atoms with Crippen LogP contribution in [-0.2, 0) is 0 Å². The van der Waals surface area contributed by atoms with Gasteiger partial charge in [0.1, 0.15) is 12.3 Å². The number of pyridine rings is 1. The molecule has 2 heterocycles. The molecule has 0 saturated carbocycles. The summed E-state index contributed by atoms with van der Waals surface area (Å²) in [6.07, 6.45) is 3.36. The molecule has 70 valence electrons. The Morgan fingerprint density at radius 3 is 3.21 bits per heavy atom. The Hall–Kier alpha value is -1.50. The zero-order valence-electron chi connectivity index (χ0n) is 7.21. The number of fused-ring (bicyclic) bond motifs is 1. The lowest BCUT2D eigenvalue weighted by Crippen LogP contribution is -1.78. The molecule has 0 bridgehead atoms. The summed E-state index contributed by atoms with van der Waals surface area (Å²) in [5.74, 6) is 5.37. The molecule has 0 aromatic carbocycles.